The summed E-state index contributed by atoms with van der Waals surface area (Å²) in [5, 5.41) is 9.55. The number of benzene rings is 1. The molecule has 2 rings (SSSR count). The first-order chi connectivity index (χ1) is 7.68. The second-order valence-electron chi connectivity index (χ2n) is 4.36. The second-order valence-corrected chi connectivity index (χ2v) is 4.36. The molecular formula is C13H15FO2. The van der Waals surface area contributed by atoms with E-state index in [0.29, 0.717) is 0 Å². The summed E-state index contributed by atoms with van der Waals surface area (Å²) in [6.07, 6.45) is 4.97. The van der Waals surface area contributed by atoms with E-state index in [2.05, 4.69) is 0 Å². The summed E-state index contributed by atoms with van der Waals surface area (Å²) < 4.78 is 13.0. The average Bonchev–Trinajstić information content (AvgIpc) is 2.32. The zero-order valence-electron chi connectivity index (χ0n) is 9.08. The standard InChI is InChI=1S/C13H15FO2/c14-10-6-7-12(15)11(8-10)13(16)9-4-2-1-3-5-9/h6-9,15H,1-5H2. The van der Waals surface area contributed by atoms with Crippen LogP contribution in [0, 0.1) is 11.7 Å². The van der Waals surface area contributed by atoms with Crippen LogP contribution < -0.4 is 0 Å². The summed E-state index contributed by atoms with van der Waals surface area (Å²) in [5.41, 5.74) is 0.131. The van der Waals surface area contributed by atoms with Gasteiger partial charge in [0.05, 0.1) is 5.56 Å². The molecule has 0 heterocycles. The van der Waals surface area contributed by atoms with Gasteiger partial charge in [0.15, 0.2) is 5.78 Å². The molecular weight excluding hydrogens is 207 g/mol. The Kier molecular flexibility index (Phi) is 3.22. The summed E-state index contributed by atoms with van der Waals surface area (Å²) in [6.45, 7) is 0. The van der Waals surface area contributed by atoms with E-state index >= 15 is 0 Å². The van der Waals surface area contributed by atoms with Gasteiger partial charge in [0.2, 0.25) is 0 Å². The highest BCUT2D eigenvalue weighted by molar-refractivity contribution is 6.00. The highest BCUT2D eigenvalue weighted by Gasteiger charge is 2.24. The zero-order chi connectivity index (χ0) is 11.5. The Morgan fingerprint density at radius 2 is 1.94 bits per heavy atom. The summed E-state index contributed by atoms with van der Waals surface area (Å²) >= 11 is 0. The number of Topliss-reactive ketones (excluding diaryl/α,β-unsaturated/α-hetero) is 1. The molecule has 1 N–H and O–H groups in total. The van der Waals surface area contributed by atoms with E-state index in [-0.39, 0.29) is 23.0 Å². The first kappa shape index (κ1) is 11.1. The van der Waals surface area contributed by atoms with E-state index in [1.54, 1.807) is 0 Å². The quantitative estimate of drug-likeness (QED) is 0.779. The largest absolute Gasteiger partial charge is 0.507 e. The molecule has 16 heavy (non-hydrogen) atoms. The van der Waals surface area contributed by atoms with E-state index < -0.39 is 5.82 Å². The lowest BCUT2D eigenvalue weighted by molar-refractivity contribution is 0.0886. The summed E-state index contributed by atoms with van der Waals surface area (Å²) in [6, 6.07) is 3.53. The predicted octanol–water partition coefficient (Wildman–Crippen LogP) is 3.29. The second kappa shape index (κ2) is 4.64. The molecule has 1 fully saturated rings. The molecule has 0 amide bonds. The number of aromatic hydroxyl groups is 1. The van der Waals surface area contributed by atoms with Crippen molar-refractivity contribution in [2.24, 2.45) is 5.92 Å². The van der Waals surface area contributed by atoms with Crippen molar-refractivity contribution in [1.29, 1.82) is 0 Å². The number of ketones is 1. The van der Waals surface area contributed by atoms with Crippen molar-refractivity contribution >= 4 is 5.78 Å². The van der Waals surface area contributed by atoms with Gasteiger partial charge < -0.3 is 5.11 Å². The van der Waals surface area contributed by atoms with Crippen LogP contribution in [0.15, 0.2) is 18.2 Å². The Labute approximate surface area is 94.1 Å². The Morgan fingerprint density at radius 1 is 1.25 bits per heavy atom. The molecule has 0 atom stereocenters. The van der Waals surface area contributed by atoms with E-state index in [0.717, 1.165) is 37.8 Å². The lowest BCUT2D eigenvalue weighted by Crippen LogP contribution is -2.18. The third-order valence-corrected chi connectivity index (χ3v) is 3.20. The van der Waals surface area contributed by atoms with E-state index in [9.17, 15) is 14.3 Å². The number of phenolic OH excluding ortho intramolecular Hbond substituents is 1. The number of carbonyl (C=O) groups is 1. The van der Waals surface area contributed by atoms with Gasteiger partial charge in [-0.15, -0.1) is 0 Å². The molecule has 0 bridgehead atoms. The molecule has 0 saturated heterocycles. The number of carbonyl (C=O) groups excluding carboxylic acids is 1. The van der Waals surface area contributed by atoms with Gasteiger partial charge in [0.1, 0.15) is 11.6 Å². The first-order valence-corrected chi connectivity index (χ1v) is 5.71. The van der Waals surface area contributed by atoms with Gasteiger partial charge in [-0.3, -0.25) is 4.79 Å². The topological polar surface area (TPSA) is 37.3 Å². The fourth-order valence-electron chi connectivity index (χ4n) is 2.29. The van der Waals surface area contributed by atoms with Crippen LogP contribution in [0.3, 0.4) is 0 Å². The van der Waals surface area contributed by atoms with Gasteiger partial charge in [-0.25, -0.2) is 4.39 Å². The molecule has 86 valence electrons. The average molecular weight is 222 g/mol. The number of rotatable bonds is 2. The third-order valence-electron chi connectivity index (χ3n) is 3.20. The van der Waals surface area contributed by atoms with Crippen molar-refractivity contribution in [2.75, 3.05) is 0 Å². The molecule has 2 nitrogen and oxygen atoms in total. The molecule has 0 unspecified atom stereocenters. The predicted molar refractivity (Wildman–Crippen MR) is 59.0 cm³/mol. The molecule has 1 saturated carbocycles. The van der Waals surface area contributed by atoms with Gasteiger partial charge in [-0.05, 0) is 31.0 Å². The molecule has 0 radical (unpaired) electrons. The van der Waals surface area contributed by atoms with Gasteiger partial charge in [0, 0.05) is 5.92 Å². The number of hydrogen-bond acceptors (Lipinski definition) is 2. The fourth-order valence-corrected chi connectivity index (χ4v) is 2.29. The Morgan fingerprint density at radius 3 is 2.62 bits per heavy atom. The summed E-state index contributed by atoms with van der Waals surface area (Å²) in [7, 11) is 0. The van der Waals surface area contributed by atoms with E-state index in [1.165, 1.54) is 12.5 Å². The van der Waals surface area contributed by atoms with Crippen LogP contribution in [0.1, 0.15) is 42.5 Å². The molecule has 1 aliphatic carbocycles. The van der Waals surface area contributed by atoms with Crippen LogP contribution in [0.25, 0.3) is 0 Å². The van der Waals surface area contributed by atoms with Crippen molar-refractivity contribution in [3.8, 4) is 5.75 Å². The molecule has 1 aliphatic rings. The Hall–Kier alpha value is -1.38. The minimum atomic E-state index is -0.475. The van der Waals surface area contributed by atoms with Crippen LogP contribution in [-0.4, -0.2) is 10.9 Å². The van der Waals surface area contributed by atoms with Crippen molar-refractivity contribution in [3.05, 3.63) is 29.6 Å². The molecule has 0 aliphatic heterocycles. The van der Waals surface area contributed by atoms with Crippen molar-refractivity contribution in [1.82, 2.24) is 0 Å². The number of halogens is 1. The maximum absolute atomic E-state index is 13.0. The lowest BCUT2D eigenvalue weighted by Gasteiger charge is -2.20. The van der Waals surface area contributed by atoms with Gasteiger partial charge >= 0.3 is 0 Å². The monoisotopic (exact) mass is 222 g/mol. The van der Waals surface area contributed by atoms with Crippen molar-refractivity contribution < 1.29 is 14.3 Å². The first-order valence-electron chi connectivity index (χ1n) is 5.71. The van der Waals surface area contributed by atoms with E-state index in [4.69, 9.17) is 0 Å². The van der Waals surface area contributed by atoms with Crippen molar-refractivity contribution in [2.45, 2.75) is 32.1 Å². The minimum absolute atomic E-state index is 0.0403. The summed E-state index contributed by atoms with van der Waals surface area (Å²) in [4.78, 5) is 12.0. The molecule has 1 aromatic carbocycles. The molecule has 1 aromatic rings. The van der Waals surface area contributed by atoms with Crippen LogP contribution in [0.4, 0.5) is 4.39 Å². The van der Waals surface area contributed by atoms with Crippen LogP contribution in [0.5, 0.6) is 5.75 Å². The van der Waals surface area contributed by atoms with Gasteiger partial charge in [-0.2, -0.15) is 0 Å². The third kappa shape index (κ3) is 2.23. The Bertz CT molecular complexity index is 395. The van der Waals surface area contributed by atoms with Crippen LogP contribution in [-0.2, 0) is 0 Å². The minimum Gasteiger partial charge on any atom is -0.507 e. The van der Waals surface area contributed by atoms with Crippen LogP contribution >= 0.6 is 0 Å². The number of hydrogen-bond donors (Lipinski definition) is 1. The number of phenols is 1. The highest BCUT2D eigenvalue weighted by Crippen LogP contribution is 2.30. The fraction of sp³-hybridized carbons (Fsp3) is 0.462. The SMILES string of the molecule is O=C(c1cc(F)ccc1O)C1CCCCC1. The highest BCUT2D eigenvalue weighted by atomic mass is 19.1. The smallest absolute Gasteiger partial charge is 0.169 e. The Balaban J connectivity index is 2.22. The van der Waals surface area contributed by atoms with Gasteiger partial charge in [-0.1, -0.05) is 19.3 Å². The van der Waals surface area contributed by atoms with Gasteiger partial charge in [0.25, 0.3) is 0 Å². The molecule has 0 aromatic heterocycles. The normalized spacial score (nSPS) is 17.3. The zero-order valence-corrected chi connectivity index (χ0v) is 9.08. The maximum Gasteiger partial charge on any atom is 0.169 e. The molecule has 0 spiro atoms. The summed E-state index contributed by atoms with van der Waals surface area (Å²) in [5.74, 6) is -0.743. The van der Waals surface area contributed by atoms with Crippen molar-refractivity contribution in [3.63, 3.8) is 0 Å². The van der Waals surface area contributed by atoms with E-state index in [1.807, 2.05) is 0 Å². The van der Waals surface area contributed by atoms with Crippen LogP contribution in [0.2, 0.25) is 0 Å². The maximum atomic E-state index is 13.0. The molecule has 3 heteroatoms. The lowest BCUT2D eigenvalue weighted by atomic mass is 9.83.